The number of aromatic nitrogens is 2. The second kappa shape index (κ2) is 5.41. The average molecular weight is 314 g/mol. The smallest absolute Gasteiger partial charge is 0.317 e. The molecule has 0 saturated heterocycles. The molecule has 0 unspecified atom stereocenters. The molecule has 122 valence electrons. The standard InChI is InChI=1S/C18H22N2O3/c1-17(2,3)23-16(21)18(9-10-18)13-5-7-14(8-6-13)22-15-11-19-20(4)12-15/h5-8,11-12H,9-10H2,1-4H3. The molecule has 1 aliphatic carbocycles. The van der Waals surface area contributed by atoms with Crippen molar-refractivity contribution in [1.82, 2.24) is 9.78 Å². The highest BCUT2D eigenvalue weighted by Crippen LogP contribution is 2.50. The highest BCUT2D eigenvalue weighted by atomic mass is 16.6. The zero-order valence-electron chi connectivity index (χ0n) is 14.0. The summed E-state index contributed by atoms with van der Waals surface area (Å²) in [5, 5.41) is 4.07. The normalized spacial score (nSPS) is 16.0. The van der Waals surface area contributed by atoms with Crippen LogP contribution in [0.2, 0.25) is 0 Å². The molecule has 0 radical (unpaired) electrons. The third-order valence-electron chi connectivity index (χ3n) is 3.86. The van der Waals surface area contributed by atoms with E-state index in [0.717, 1.165) is 24.2 Å². The summed E-state index contributed by atoms with van der Waals surface area (Å²) in [7, 11) is 1.84. The van der Waals surface area contributed by atoms with Crippen LogP contribution in [0.15, 0.2) is 36.7 Å². The quantitative estimate of drug-likeness (QED) is 0.809. The van der Waals surface area contributed by atoms with E-state index < -0.39 is 11.0 Å². The highest BCUT2D eigenvalue weighted by molar-refractivity contribution is 5.87. The van der Waals surface area contributed by atoms with Crippen LogP contribution in [0, 0.1) is 0 Å². The molecule has 0 bridgehead atoms. The van der Waals surface area contributed by atoms with E-state index in [1.54, 1.807) is 17.1 Å². The van der Waals surface area contributed by atoms with E-state index in [4.69, 9.17) is 9.47 Å². The third-order valence-corrected chi connectivity index (χ3v) is 3.86. The summed E-state index contributed by atoms with van der Waals surface area (Å²) in [5.41, 5.74) is 0.0566. The van der Waals surface area contributed by atoms with Gasteiger partial charge in [0.2, 0.25) is 0 Å². The van der Waals surface area contributed by atoms with Crippen LogP contribution >= 0.6 is 0 Å². The van der Waals surface area contributed by atoms with Crippen molar-refractivity contribution in [3.05, 3.63) is 42.2 Å². The fourth-order valence-corrected chi connectivity index (χ4v) is 2.54. The van der Waals surface area contributed by atoms with Crippen LogP contribution in [-0.4, -0.2) is 21.4 Å². The van der Waals surface area contributed by atoms with Gasteiger partial charge in [0.05, 0.1) is 17.8 Å². The monoisotopic (exact) mass is 314 g/mol. The van der Waals surface area contributed by atoms with Crippen molar-refractivity contribution in [3.63, 3.8) is 0 Å². The highest BCUT2D eigenvalue weighted by Gasteiger charge is 2.53. The maximum absolute atomic E-state index is 12.5. The van der Waals surface area contributed by atoms with E-state index in [1.165, 1.54) is 0 Å². The third kappa shape index (κ3) is 3.38. The van der Waals surface area contributed by atoms with Gasteiger partial charge in [0.1, 0.15) is 11.4 Å². The maximum Gasteiger partial charge on any atom is 0.317 e. The first-order valence-corrected chi connectivity index (χ1v) is 7.79. The molecule has 1 saturated carbocycles. The van der Waals surface area contributed by atoms with Crippen molar-refractivity contribution in [2.45, 2.75) is 44.6 Å². The Morgan fingerprint density at radius 3 is 2.30 bits per heavy atom. The molecule has 5 nitrogen and oxygen atoms in total. The molecule has 23 heavy (non-hydrogen) atoms. The van der Waals surface area contributed by atoms with E-state index in [-0.39, 0.29) is 5.97 Å². The van der Waals surface area contributed by atoms with Crippen LogP contribution in [0.4, 0.5) is 0 Å². The van der Waals surface area contributed by atoms with E-state index in [2.05, 4.69) is 5.10 Å². The number of carbonyl (C=O) groups excluding carboxylic acids is 1. The SMILES string of the molecule is Cn1cc(Oc2ccc(C3(C(=O)OC(C)(C)C)CC3)cc2)cn1. The molecule has 5 heteroatoms. The van der Waals surface area contributed by atoms with E-state index in [0.29, 0.717) is 5.75 Å². The molecule has 2 aromatic rings. The van der Waals surface area contributed by atoms with Crippen LogP contribution in [0.1, 0.15) is 39.2 Å². The van der Waals surface area contributed by atoms with Crippen molar-refractivity contribution >= 4 is 5.97 Å². The van der Waals surface area contributed by atoms with Gasteiger partial charge in [-0.25, -0.2) is 0 Å². The molecule has 1 aliphatic rings. The Bertz CT molecular complexity index is 707. The van der Waals surface area contributed by atoms with Crippen molar-refractivity contribution < 1.29 is 14.3 Å². The van der Waals surface area contributed by atoms with E-state index >= 15 is 0 Å². The van der Waals surface area contributed by atoms with Crippen LogP contribution in [0.5, 0.6) is 11.5 Å². The number of rotatable bonds is 4. The van der Waals surface area contributed by atoms with Gasteiger partial charge in [-0.2, -0.15) is 5.10 Å². The predicted octanol–water partition coefficient (Wildman–Crippen LogP) is 3.59. The lowest BCUT2D eigenvalue weighted by Crippen LogP contribution is -2.31. The number of esters is 1. The van der Waals surface area contributed by atoms with Gasteiger partial charge < -0.3 is 9.47 Å². The molecular weight excluding hydrogens is 292 g/mol. The number of carbonyl (C=O) groups is 1. The second-order valence-corrected chi connectivity index (χ2v) is 7.06. The molecule has 1 heterocycles. The van der Waals surface area contributed by atoms with Gasteiger partial charge in [-0.15, -0.1) is 0 Å². The Morgan fingerprint density at radius 1 is 1.17 bits per heavy atom. The lowest BCUT2D eigenvalue weighted by molar-refractivity contribution is -0.158. The minimum Gasteiger partial charge on any atom is -0.459 e. The van der Waals surface area contributed by atoms with Gasteiger partial charge in [0, 0.05) is 7.05 Å². The van der Waals surface area contributed by atoms with Gasteiger partial charge in [-0.1, -0.05) is 12.1 Å². The Morgan fingerprint density at radius 2 is 1.83 bits per heavy atom. The molecule has 0 amide bonds. The van der Waals surface area contributed by atoms with Crippen molar-refractivity contribution in [2.24, 2.45) is 7.05 Å². The Kier molecular flexibility index (Phi) is 3.66. The number of benzene rings is 1. The Balaban J connectivity index is 1.73. The van der Waals surface area contributed by atoms with Crippen molar-refractivity contribution in [1.29, 1.82) is 0 Å². The summed E-state index contributed by atoms with van der Waals surface area (Å²) in [6.07, 6.45) is 5.14. The minimum atomic E-state index is -0.472. The Labute approximate surface area is 136 Å². The van der Waals surface area contributed by atoms with Gasteiger partial charge in [-0.3, -0.25) is 9.48 Å². The van der Waals surface area contributed by atoms with Crippen LogP contribution < -0.4 is 4.74 Å². The van der Waals surface area contributed by atoms with Crippen LogP contribution in [0.3, 0.4) is 0 Å². The molecule has 1 aromatic carbocycles. The fourth-order valence-electron chi connectivity index (χ4n) is 2.54. The van der Waals surface area contributed by atoms with E-state index in [1.807, 2.05) is 52.1 Å². The topological polar surface area (TPSA) is 53.4 Å². The van der Waals surface area contributed by atoms with Gasteiger partial charge in [0.25, 0.3) is 0 Å². The van der Waals surface area contributed by atoms with Gasteiger partial charge in [-0.05, 0) is 51.3 Å². The first-order chi connectivity index (χ1) is 10.8. The molecule has 1 aromatic heterocycles. The molecule has 0 aliphatic heterocycles. The summed E-state index contributed by atoms with van der Waals surface area (Å²) in [6, 6.07) is 7.66. The summed E-state index contributed by atoms with van der Waals surface area (Å²) in [5.74, 6) is 1.28. The Hall–Kier alpha value is -2.30. The molecule has 3 rings (SSSR count). The van der Waals surface area contributed by atoms with Crippen molar-refractivity contribution in [3.8, 4) is 11.5 Å². The van der Waals surface area contributed by atoms with Crippen molar-refractivity contribution in [2.75, 3.05) is 0 Å². The zero-order valence-corrected chi connectivity index (χ0v) is 14.0. The lowest BCUT2D eigenvalue weighted by atomic mass is 9.95. The molecular formula is C18H22N2O3. The number of hydrogen-bond donors (Lipinski definition) is 0. The summed E-state index contributed by atoms with van der Waals surface area (Å²) < 4.78 is 13.0. The van der Waals surface area contributed by atoms with Crippen LogP contribution in [-0.2, 0) is 22.0 Å². The summed E-state index contributed by atoms with van der Waals surface area (Å²) in [6.45, 7) is 5.68. The zero-order chi connectivity index (χ0) is 16.7. The number of hydrogen-bond acceptors (Lipinski definition) is 4. The maximum atomic E-state index is 12.5. The summed E-state index contributed by atoms with van der Waals surface area (Å²) >= 11 is 0. The molecule has 0 atom stereocenters. The molecule has 0 spiro atoms. The average Bonchev–Trinajstić information content (AvgIpc) is 3.17. The summed E-state index contributed by atoms with van der Waals surface area (Å²) in [4.78, 5) is 12.5. The van der Waals surface area contributed by atoms with Gasteiger partial charge in [0.15, 0.2) is 5.75 Å². The first kappa shape index (κ1) is 15.6. The van der Waals surface area contributed by atoms with Crippen LogP contribution in [0.25, 0.3) is 0 Å². The lowest BCUT2D eigenvalue weighted by Gasteiger charge is -2.24. The van der Waals surface area contributed by atoms with Gasteiger partial charge >= 0.3 is 5.97 Å². The minimum absolute atomic E-state index is 0.133. The number of nitrogens with zero attached hydrogens (tertiary/aromatic N) is 2. The number of aryl methyl sites for hydroxylation is 1. The molecule has 1 fully saturated rings. The second-order valence-electron chi connectivity index (χ2n) is 7.06. The number of ether oxygens (including phenoxy) is 2. The van der Waals surface area contributed by atoms with E-state index in [9.17, 15) is 4.79 Å². The molecule has 0 N–H and O–H groups in total. The fraction of sp³-hybridized carbons (Fsp3) is 0.444. The predicted molar refractivity (Wildman–Crippen MR) is 86.5 cm³/mol. The first-order valence-electron chi connectivity index (χ1n) is 7.79. The largest absolute Gasteiger partial charge is 0.459 e.